The number of nitrogens with one attached hydrogen (secondary N) is 3. The Kier molecular flexibility index (Phi) is 7.21. The molecule has 4 rings (SSSR count). The van der Waals surface area contributed by atoms with Crippen LogP contribution in [0.4, 0.5) is 40.7 Å². The summed E-state index contributed by atoms with van der Waals surface area (Å²) in [6.07, 6.45) is -3.73. The van der Waals surface area contributed by atoms with E-state index in [1.807, 2.05) is 0 Å². The molecule has 0 fully saturated rings. The van der Waals surface area contributed by atoms with Gasteiger partial charge in [-0.2, -0.15) is 23.4 Å². The van der Waals surface area contributed by atoms with Crippen molar-refractivity contribution in [3.05, 3.63) is 69.5 Å². The van der Waals surface area contributed by atoms with Crippen molar-refractivity contribution in [2.24, 2.45) is 0 Å². The van der Waals surface area contributed by atoms with Crippen LogP contribution in [0.25, 0.3) is 11.1 Å². The molecular weight excluding hydrogens is 500 g/mol. The summed E-state index contributed by atoms with van der Waals surface area (Å²) < 4.78 is 50.9. The third-order valence-electron chi connectivity index (χ3n) is 4.03. The molecule has 35 heavy (non-hydrogen) atoms. The van der Waals surface area contributed by atoms with Crippen LogP contribution >= 0.6 is 11.6 Å². The van der Waals surface area contributed by atoms with Gasteiger partial charge in [-0.05, 0) is 30.3 Å². The maximum atomic E-state index is 14.2. The zero-order valence-corrected chi connectivity index (χ0v) is 17.7. The Morgan fingerprint density at radius 2 is 1.94 bits per heavy atom. The second-order valence-electron chi connectivity index (χ2n) is 6.45. The highest BCUT2D eigenvalue weighted by atomic mass is 35.5. The Morgan fingerprint density at radius 3 is 2.60 bits per heavy atom. The number of fused-ring (bicyclic) bond motifs is 1. The normalized spacial score (nSPS) is 10.7. The highest BCUT2D eigenvalue weighted by molar-refractivity contribution is 6.32. The average Bonchev–Trinajstić information content (AvgIpc) is 3.16. The maximum absolute atomic E-state index is 14.2. The molecule has 0 aliphatic rings. The average molecular weight is 511 g/mol. The molecule has 180 valence electrons. The molecule has 0 aliphatic heterocycles. The molecule has 0 saturated carbocycles. The first kappa shape index (κ1) is 25.0. The summed E-state index contributed by atoms with van der Waals surface area (Å²) in [6, 6.07) is 11.1. The number of alkyl halides is 3. The number of H-pyrrole nitrogens is 1. The molecule has 0 unspecified atom stereocenters. The van der Waals surface area contributed by atoms with E-state index >= 15 is 0 Å². The minimum absolute atomic E-state index is 0.0599. The van der Waals surface area contributed by atoms with Crippen molar-refractivity contribution in [2.75, 3.05) is 10.6 Å². The Hall–Kier alpha value is -4.64. The number of nitrogens with zero attached hydrogens (tertiary/aromatic N) is 3. The van der Waals surface area contributed by atoms with Crippen molar-refractivity contribution in [2.45, 2.75) is 6.18 Å². The second kappa shape index (κ2) is 10.1. The van der Waals surface area contributed by atoms with E-state index in [1.54, 1.807) is 30.3 Å². The number of nitriles is 1. The fraction of sp³-hybridized carbons (Fsp3) is 0.0500. The lowest BCUT2D eigenvalue weighted by Gasteiger charge is -2.11. The zero-order chi connectivity index (χ0) is 25.8. The molecule has 4 N–H and O–H groups in total. The minimum Gasteiger partial charge on any atom is -0.475 e. The third-order valence-corrected chi connectivity index (χ3v) is 4.31. The number of halogens is 5. The van der Waals surface area contributed by atoms with Crippen LogP contribution in [-0.2, 0) is 4.79 Å². The molecule has 10 nitrogen and oxygen atoms in total. The van der Waals surface area contributed by atoms with Gasteiger partial charge in [0.1, 0.15) is 11.1 Å². The monoisotopic (exact) mass is 510 g/mol. The largest absolute Gasteiger partial charge is 0.490 e. The van der Waals surface area contributed by atoms with E-state index in [0.29, 0.717) is 16.8 Å². The van der Waals surface area contributed by atoms with E-state index < -0.39 is 23.7 Å². The van der Waals surface area contributed by atoms with Crippen molar-refractivity contribution in [1.82, 2.24) is 15.0 Å². The van der Waals surface area contributed by atoms with Crippen molar-refractivity contribution in [3.8, 4) is 6.07 Å². The molecule has 0 radical (unpaired) electrons. The van der Waals surface area contributed by atoms with Gasteiger partial charge in [-0.15, -0.1) is 0 Å². The van der Waals surface area contributed by atoms with Crippen LogP contribution in [0.3, 0.4) is 0 Å². The number of benzene rings is 2. The number of carbonyl (C=O) groups is 1. The smallest absolute Gasteiger partial charge is 0.475 e. The molecule has 2 aromatic carbocycles. The Bertz CT molecular complexity index is 1500. The number of oxazole rings is 1. The maximum Gasteiger partial charge on any atom is 0.490 e. The standard InChI is InChI=1S/C18H10ClFN6O2.C2HF3O2/c19-11-8-22-17(24-12-3-1-2-9(7-21)15(12)20)26-16(11)23-10-4-5-14-13(6-10)25-18(27)28-14;3-2(4,5)1(6)7/h1-6,8H,(H,25,27)(H2,22,23,24,26);(H,6,7). The van der Waals surface area contributed by atoms with E-state index in [1.165, 1.54) is 18.3 Å². The van der Waals surface area contributed by atoms with Crippen LogP contribution in [-0.4, -0.2) is 32.2 Å². The first-order chi connectivity index (χ1) is 16.5. The molecular formula is C20H11ClF4N6O4. The van der Waals surface area contributed by atoms with Crippen LogP contribution in [0.2, 0.25) is 5.02 Å². The lowest BCUT2D eigenvalue weighted by Crippen LogP contribution is -2.21. The summed E-state index contributed by atoms with van der Waals surface area (Å²) in [5, 5.41) is 22.0. The molecule has 2 aromatic heterocycles. The molecule has 0 spiro atoms. The lowest BCUT2D eigenvalue weighted by molar-refractivity contribution is -0.192. The Labute approximate surface area is 196 Å². The van der Waals surface area contributed by atoms with Crippen molar-refractivity contribution < 1.29 is 31.9 Å². The zero-order valence-electron chi connectivity index (χ0n) is 16.9. The van der Waals surface area contributed by atoms with Gasteiger partial charge in [0.2, 0.25) is 5.95 Å². The fourth-order valence-corrected chi connectivity index (χ4v) is 2.66. The molecule has 2 heterocycles. The summed E-state index contributed by atoms with van der Waals surface area (Å²) in [4.78, 5) is 31.0. The van der Waals surface area contributed by atoms with Gasteiger partial charge in [0.15, 0.2) is 17.2 Å². The molecule has 0 saturated heterocycles. The molecule has 4 aromatic rings. The number of aliphatic carboxylic acids is 1. The summed E-state index contributed by atoms with van der Waals surface area (Å²) in [5.74, 6) is -3.67. The van der Waals surface area contributed by atoms with E-state index in [-0.39, 0.29) is 28.0 Å². The van der Waals surface area contributed by atoms with Crippen LogP contribution in [0.15, 0.2) is 51.8 Å². The third kappa shape index (κ3) is 6.24. The number of anilines is 4. The molecule has 15 heteroatoms. The van der Waals surface area contributed by atoms with Crippen molar-refractivity contribution in [1.29, 1.82) is 5.26 Å². The van der Waals surface area contributed by atoms with E-state index in [2.05, 4.69) is 25.6 Å². The highest BCUT2D eigenvalue weighted by Crippen LogP contribution is 2.27. The summed E-state index contributed by atoms with van der Waals surface area (Å²) in [7, 11) is 0. The van der Waals surface area contributed by atoms with E-state index in [4.69, 9.17) is 31.2 Å². The summed E-state index contributed by atoms with van der Waals surface area (Å²) in [5.41, 5.74) is 1.48. The second-order valence-corrected chi connectivity index (χ2v) is 6.85. The molecule has 0 aliphatic carbocycles. The lowest BCUT2D eigenvalue weighted by atomic mass is 10.2. The SMILES string of the molecule is N#Cc1cccc(Nc2ncc(Cl)c(Nc3ccc4oc(=O)[nH]c4c3)n2)c1F.O=C(O)C(F)(F)F. The summed E-state index contributed by atoms with van der Waals surface area (Å²) in [6.45, 7) is 0. The molecule has 0 amide bonds. The predicted molar refractivity (Wildman–Crippen MR) is 115 cm³/mol. The number of hydrogen-bond acceptors (Lipinski definition) is 8. The van der Waals surface area contributed by atoms with Crippen molar-refractivity contribution in [3.63, 3.8) is 0 Å². The fourth-order valence-electron chi connectivity index (χ4n) is 2.52. The van der Waals surface area contributed by atoms with E-state index in [0.717, 1.165) is 0 Å². The predicted octanol–water partition coefficient (Wildman–Crippen LogP) is 4.70. The summed E-state index contributed by atoms with van der Waals surface area (Å²) >= 11 is 6.14. The van der Waals surface area contributed by atoms with Gasteiger partial charge in [0.05, 0.1) is 23.0 Å². The molecule has 0 bridgehead atoms. The number of aromatic amines is 1. The quantitative estimate of drug-likeness (QED) is 0.286. The number of carboxylic acids is 1. The molecule has 0 atom stereocenters. The van der Waals surface area contributed by atoms with Gasteiger partial charge in [0, 0.05) is 5.69 Å². The first-order valence-corrected chi connectivity index (χ1v) is 9.54. The van der Waals surface area contributed by atoms with Gasteiger partial charge in [0.25, 0.3) is 0 Å². The first-order valence-electron chi connectivity index (χ1n) is 9.16. The Balaban J connectivity index is 0.000000429. The number of aromatic nitrogens is 3. The van der Waals surface area contributed by atoms with Crippen molar-refractivity contribution >= 4 is 51.8 Å². The number of carboxylic acid groups (broad SMARTS) is 1. The van der Waals surface area contributed by atoms with Gasteiger partial charge in [-0.3, -0.25) is 4.98 Å². The van der Waals surface area contributed by atoms with Crippen LogP contribution in [0.1, 0.15) is 5.56 Å². The van der Waals surface area contributed by atoms with Gasteiger partial charge >= 0.3 is 17.9 Å². The minimum atomic E-state index is -5.08. The van der Waals surface area contributed by atoms with Crippen LogP contribution in [0.5, 0.6) is 0 Å². The van der Waals surface area contributed by atoms with Gasteiger partial charge in [-0.1, -0.05) is 17.7 Å². The van der Waals surface area contributed by atoms with Crippen LogP contribution < -0.4 is 16.4 Å². The highest BCUT2D eigenvalue weighted by Gasteiger charge is 2.38. The topological polar surface area (TPSA) is 157 Å². The number of rotatable bonds is 4. The van der Waals surface area contributed by atoms with Gasteiger partial charge < -0.3 is 20.2 Å². The number of hydrogen-bond donors (Lipinski definition) is 4. The Morgan fingerprint density at radius 1 is 1.23 bits per heavy atom. The van der Waals surface area contributed by atoms with Gasteiger partial charge in [-0.25, -0.2) is 19.0 Å². The van der Waals surface area contributed by atoms with E-state index in [9.17, 15) is 22.4 Å². The van der Waals surface area contributed by atoms with Crippen LogP contribution in [0, 0.1) is 17.1 Å².